The maximum absolute atomic E-state index is 3.31. The second kappa shape index (κ2) is 5.65. The van der Waals surface area contributed by atoms with Crippen molar-refractivity contribution in [1.29, 1.82) is 0 Å². The van der Waals surface area contributed by atoms with Gasteiger partial charge in [-0.1, -0.05) is 18.2 Å². The van der Waals surface area contributed by atoms with Gasteiger partial charge in [0, 0.05) is 19.1 Å². The van der Waals surface area contributed by atoms with Gasteiger partial charge < -0.3 is 5.32 Å². The van der Waals surface area contributed by atoms with Crippen LogP contribution >= 0.6 is 0 Å². The molecule has 17 heavy (non-hydrogen) atoms. The molecule has 1 unspecified atom stereocenters. The van der Waals surface area contributed by atoms with Crippen molar-refractivity contribution in [3.05, 3.63) is 34.9 Å². The van der Waals surface area contributed by atoms with E-state index in [1.165, 1.54) is 36.1 Å². The molecule has 1 fully saturated rings. The van der Waals surface area contributed by atoms with Crippen LogP contribution in [0.25, 0.3) is 0 Å². The van der Waals surface area contributed by atoms with E-state index in [-0.39, 0.29) is 0 Å². The predicted octanol–water partition coefficient (Wildman–Crippen LogP) is 2.49. The maximum Gasteiger partial charge on any atom is 0.0239 e. The van der Waals surface area contributed by atoms with Crippen LogP contribution in [-0.2, 0) is 6.54 Å². The number of hydrogen-bond acceptors (Lipinski definition) is 2. The lowest BCUT2D eigenvalue weighted by Crippen LogP contribution is -2.36. The zero-order valence-electron chi connectivity index (χ0n) is 11.3. The molecule has 0 radical (unpaired) electrons. The van der Waals surface area contributed by atoms with E-state index in [4.69, 9.17) is 0 Å². The highest BCUT2D eigenvalue weighted by molar-refractivity contribution is 5.33. The first-order valence-electron chi connectivity index (χ1n) is 6.66. The number of benzene rings is 1. The molecule has 0 amide bonds. The van der Waals surface area contributed by atoms with Crippen molar-refractivity contribution in [1.82, 2.24) is 10.2 Å². The van der Waals surface area contributed by atoms with Crippen LogP contribution in [0.15, 0.2) is 18.2 Å². The van der Waals surface area contributed by atoms with Crippen molar-refractivity contribution in [3.8, 4) is 0 Å². The monoisotopic (exact) mass is 232 g/mol. The Morgan fingerprint density at radius 2 is 2.18 bits per heavy atom. The van der Waals surface area contributed by atoms with E-state index in [0.717, 1.165) is 19.1 Å². The van der Waals surface area contributed by atoms with Crippen molar-refractivity contribution < 1.29 is 0 Å². The molecule has 0 aromatic heterocycles. The highest BCUT2D eigenvalue weighted by Crippen LogP contribution is 2.22. The molecule has 1 aliphatic rings. The van der Waals surface area contributed by atoms with Crippen molar-refractivity contribution in [2.75, 3.05) is 20.1 Å². The Morgan fingerprint density at radius 1 is 1.35 bits per heavy atom. The molecule has 1 heterocycles. The standard InChI is InChI=1S/C15H24N2/c1-12-6-4-7-14(13(12)2)11-17-9-5-8-15(17)10-16-3/h4,6-7,15-16H,5,8-11H2,1-3H3. The summed E-state index contributed by atoms with van der Waals surface area (Å²) in [4.78, 5) is 2.62. The Morgan fingerprint density at radius 3 is 2.94 bits per heavy atom. The summed E-state index contributed by atoms with van der Waals surface area (Å²) in [6.45, 7) is 7.92. The quantitative estimate of drug-likeness (QED) is 0.858. The Balaban J connectivity index is 2.07. The third kappa shape index (κ3) is 2.88. The molecule has 1 N–H and O–H groups in total. The van der Waals surface area contributed by atoms with E-state index < -0.39 is 0 Å². The fourth-order valence-electron chi connectivity index (χ4n) is 2.77. The average molecular weight is 232 g/mol. The van der Waals surface area contributed by atoms with Crippen LogP contribution in [0.2, 0.25) is 0 Å². The van der Waals surface area contributed by atoms with Crippen LogP contribution in [-0.4, -0.2) is 31.1 Å². The van der Waals surface area contributed by atoms with Gasteiger partial charge in [0.25, 0.3) is 0 Å². The molecule has 0 aliphatic carbocycles. The Bertz CT molecular complexity index is 373. The van der Waals surface area contributed by atoms with Crippen LogP contribution in [0.4, 0.5) is 0 Å². The number of hydrogen-bond donors (Lipinski definition) is 1. The predicted molar refractivity (Wildman–Crippen MR) is 73.3 cm³/mol. The van der Waals surface area contributed by atoms with Gasteiger partial charge in [0.15, 0.2) is 0 Å². The van der Waals surface area contributed by atoms with Crippen molar-refractivity contribution in [3.63, 3.8) is 0 Å². The van der Waals surface area contributed by atoms with E-state index in [1.54, 1.807) is 0 Å². The maximum atomic E-state index is 3.31. The molecule has 2 rings (SSSR count). The largest absolute Gasteiger partial charge is 0.318 e. The molecule has 0 spiro atoms. The highest BCUT2D eigenvalue weighted by Gasteiger charge is 2.23. The molecule has 2 heteroatoms. The number of likely N-dealkylation sites (tertiary alicyclic amines) is 1. The first-order chi connectivity index (χ1) is 8.22. The number of likely N-dealkylation sites (N-methyl/N-ethyl adjacent to an activating group) is 1. The minimum atomic E-state index is 0.722. The van der Waals surface area contributed by atoms with Gasteiger partial charge in [-0.15, -0.1) is 0 Å². The molecule has 1 saturated heterocycles. The smallest absolute Gasteiger partial charge is 0.0239 e. The van der Waals surface area contributed by atoms with E-state index in [2.05, 4.69) is 49.3 Å². The summed E-state index contributed by atoms with van der Waals surface area (Å²) in [5.41, 5.74) is 4.36. The Hall–Kier alpha value is -0.860. The summed E-state index contributed by atoms with van der Waals surface area (Å²) in [6.07, 6.45) is 2.68. The number of rotatable bonds is 4. The normalized spacial score (nSPS) is 21.0. The molecule has 1 aromatic rings. The third-order valence-electron chi connectivity index (χ3n) is 4.03. The Kier molecular flexibility index (Phi) is 4.19. The lowest BCUT2D eigenvalue weighted by Gasteiger charge is -2.25. The lowest BCUT2D eigenvalue weighted by atomic mass is 10.0. The van der Waals surface area contributed by atoms with Gasteiger partial charge in [0.1, 0.15) is 0 Å². The first kappa shape index (κ1) is 12.6. The number of nitrogens with zero attached hydrogens (tertiary/aromatic N) is 1. The zero-order chi connectivity index (χ0) is 12.3. The van der Waals surface area contributed by atoms with Gasteiger partial charge in [0.05, 0.1) is 0 Å². The summed E-state index contributed by atoms with van der Waals surface area (Å²) in [7, 11) is 2.05. The van der Waals surface area contributed by atoms with Crippen LogP contribution in [0, 0.1) is 13.8 Å². The van der Waals surface area contributed by atoms with Gasteiger partial charge in [-0.3, -0.25) is 4.90 Å². The van der Waals surface area contributed by atoms with Crippen LogP contribution in [0.3, 0.4) is 0 Å². The second-order valence-corrected chi connectivity index (χ2v) is 5.18. The van der Waals surface area contributed by atoms with Crippen molar-refractivity contribution >= 4 is 0 Å². The van der Waals surface area contributed by atoms with Gasteiger partial charge in [-0.2, -0.15) is 0 Å². The SMILES string of the molecule is CNCC1CCCN1Cc1cccc(C)c1C. The Labute approximate surface area is 105 Å². The summed E-state index contributed by atoms with van der Waals surface area (Å²) in [5, 5.41) is 3.31. The summed E-state index contributed by atoms with van der Waals surface area (Å²) >= 11 is 0. The minimum absolute atomic E-state index is 0.722. The topological polar surface area (TPSA) is 15.3 Å². The van der Waals surface area contributed by atoms with Crippen LogP contribution in [0.1, 0.15) is 29.5 Å². The highest BCUT2D eigenvalue weighted by atomic mass is 15.2. The molecule has 1 atom stereocenters. The van der Waals surface area contributed by atoms with Crippen molar-refractivity contribution in [2.45, 2.75) is 39.3 Å². The third-order valence-corrected chi connectivity index (χ3v) is 4.03. The molecule has 1 aliphatic heterocycles. The molecular formula is C15H24N2. The van der Waals surface area contributed by atoms with Crippen LogP contribution in [0.5, 0.6) is 0 Å². The van der Waals surface area contributed by atoms with E-state index in [0.29, 0.717) is 0 Å². The lowest BCUT2D eigenvalue weighted by molar-refractivity contribution is 0.242. The number of nitrogens with one attached hydrogen (secondary N) is 1. The summed E-state index contributed by atoms with van der Waals surface area (Å²) in [6, 6.07) is 7.38. The van der Waals surface area contributed by atoms with Crippen LogP contribution < -0.4 is 5.32 Å². The van der Waals surface area contributed by atoms with E-state index in [1.807, 2.05) is 0 Å². The van der Waals surface area contributed by atoms with Gasteiger partial charge in [0.2, 0.25) is 0 Å². The molecule has 0 saturated carbocycles. The van der Waals surface area contributed by atoms with Crippen molar-refractivity contribution in [2.24, 2.45) is 0 Å². The molecule has 2 nitrogen and oxygen atoms in total. The zero-order valence-corrected chi connectivity index (χ0v) is 11.3. The minimum Gasteiger partial charge on any atom is -0.318 e. The average Bonchev–Trinajstić information content (AvgIpc) is 2.73. The van der Waals surface area contributed by atoms with Gasteiger partial charge >= 0.3 is 0 Å². The van der Waals surface area contributed by atoms with E-state index >= 15 is 0 Å². The first-order valence-corrected chi connectivity index (χ1v) is 6.66. The molecule has 0 bridgehead atoms. The summed E-state index contributed by atoms with van der Waals surface area (Å²) in [5.74, 6) is 0. The number of aryl methyl sites for hydroxylation is 1. The van der Waals surface area contributed by atoms with E-state index in [9.17, 15) is 0 Å². The molecular weight excluding hydrogens is 208 g/mol. The fraction of sp³-hybridized carbons (Fsp3) is 0.600. The van der Waals surface area contributed by atoms with Gasteiger partial charge in [-0.05, 0) is 57.0 Å². The second-order valence-electron chi connectivity index (χ2n) is 5.18. The fourth-order valence-corrected chi connectivity index (χ4v) is 2.77. The molecule has 94 valence electrons. The molecule has 1 aromatic carbocycles. The van der Waals surface area contributed by atoms with Gasteiger partial charge in [-0.25, -0.2) is 0 Å². The summed E-state index contributed by atoms with van der Waals surface area (Å²) < 4.78 is 0.